The molecule has 0 amide bonds. The van der Waals surface area contributed by atoms with Crippen molar-refractivity contribution in [1.29, 1.82) is 0 Å². The third-order valence-electron chi connectivity index (χ3n) is 3.81. The van der Waals surface area contributed by atoms with Crippen molar-refractivity contribution in [2.75, 3.05) is 0 Å². The van der Waals surface area contributed by atoms with Crippen molar-refractivity contribution in [2.45, 2.75) is 51.5 Å². The van der Waals surface area contributed by atoms with Gasteiger partial charge < -0.3 is 10.8 Å². The van der Waals surface area contributed by atoms with Gasteiger partial charge in [-0.15, -0.1) is 11.3 Å². The molecule has 1 fully saturated rings. The van der Waals surface area contributed by atoms with E-state index in [0.29, 0.717) is 17.0 Å². The summed E-state index contributed by atoms with van der Waals surface area (Å²) in [7, 11) is 0. The van der Waals surface area contributed by atoms with Crippen LogP contribution < -0.4 is 5.73 Å². The van der Waals surface area contributed by atoms with Gasteiger partial charge in [-0.2, -0.15) is 0 Å². The molecular weight excluding hydrogens is 248 g/mol. The third-order valence-corrected chi connectivity index (χ3v) is 4.84. The van der Waals surface area contributed by atoms with Crippen LogP contribution in [0.25, 0.3) is 0 Å². The molecule has 2 rings (SSSR count). The summed E-state index contributed by atoms with van der Waals surface area (Å²) in [6.07, 6.45) is 4.69. The summed E-state index contributed by atoms with van der Waals surface area (Å²) in [4.78, 5) is 15.2. The summed E-state index contributed by atoms with van der Waals surface area (Å²) >= 11 is 1.55. The lowest BCUT2D eigenvalue weighted by atomic mass is 9.73. The first-order chi connectivity index (χ1) is 8.39. The van der Waals surface area contributed by atoms with E-state index < -0.39 is 12.0 Å². The molecule has 3 N–H and O–H groups in total. The topological polar surface area (TPSA) is 76.2 Å². The van der Waals surface area contributed by atoms with Gasteiger partial charge in [0.25, 0.3) is 0 Å². The van der Waals surface area contributed by atoms with Crippen molar-refractivity contribution >= 4 is 17.3 Å². The second-order valence-electron chi connectivity index (χ2n) is 5.87. The molecule has 0 bridgehead atoms. The first-order valence-electron chi connectivity index (χ1n) is 6.33. The zero-order valence-corrected chi connectivity index (χ0v) is 11.7. The van der Waals surface area contributed by atoms with E-state index in [-0.39, 0.29) is 0 Å². The van der Waals surface area contributed by atoms with E-state index in [2.05, 4.69) is 18.8 Å². The first-order valence-corrected chi connectivity index (χ1v) is 7.21. The number of rotatable bonds is 3. The molecule has 0 spiro atoms. The average Bonchev–Trinajstić information content (AvgIpc) is 2.77. The van der Waals surface area contributed by atoms with Gasteiger partial charge in [0.15, 0.2) is 0 Å². The van der Waals surface area contributed by atoms with Gasteiger partial charge in [0.2, 0.25) is 0 Å². The zero-order chi connectivity index (χ0) is 13.3. The highest BCUT2D eigenvalue weighted by molar-refractivity contribution is 7.09. The number of hydrogen-bond donors (Lipinski definition) is 2. The van der Waals surface area contributed by atoms with Crippen molar-refractivity contribution in [3.63, 3.8) is 0 Å². The average molecular weight is 268 g/mol. The van der Waals surface area contributed by atoms with Gasteiger partial charge in [-0.05, 0) is 31.1 Å². The van der Waals surface area contributed by atoms with E-state index in [0.717, 1.165) is 17.8 Å². The molecule has 100 valence electrons. The molecule has 0 saturated heterocycles. The number of carboxylic acid groups (broad SMARTS) is 1. The first kappa shape index (κ1) is 13.5. The van der Waals surface area contributed by atoms with Crippen LogP contribution in [0.1, 0.15) is 62.2 Å². The van der Waals surface area contributed by atoms with Crippen LogP contribution in [0, 0.1) is 5.41 Å². The molecule has 1 unspecified atom stereocenters. The largest absolute Gasteiger partial charge is 0.480 e. The minimum absolute atomic E-state index is 0.439. The Hall–Kier alpha value is -0.940. The molecule has 1 atom stereocenters. The number of carbonyl (C=O) groups is 1. The smallest absolute Gasteiger partial charge is 0.326 e. The summed E-state index contributed by atoms with van der Waals surface area (Å²) in [5.41, 5.74) is 6.50. The molecule has 1 aliphatic carbocycles. The number of aliphatic carboxylic acids is 1. The molecular formula is C13H20N2O2S. The lowest BCUT2D eigenvalue weighted by molar-refractivity contribution is -0.138. The van der Waals surface area contributed by atoms with Crippen molar-refractivity contribution < 1.29 is 9.90 Å². The lowest BCUT2D eigenvalue weighted by Gasteiger charge is -2.33. The Bertz CT molecular complexity index is 432. The fraction of sp³-hybridized carbons (Fsp3) is 0.692. The molecule has 1 saturated carbocycles. The third kappa shape index (κ3) is 2.90. The van der Waals surface area contributed by atoms with Gasteiger partial charge in [-0.3, -0.25) is 4.79 Å². The quantitative estimate of drug-likeness (QED) is 0.883. The van der Waals surface area contributed by atoms with E-state index in [1.165, 1.54) is 12.8 Å². The molecule has 1 aromatic heterocycles. The van der Waals surface area contributed by atoms with Crippen LogP contribution in [0.4, 0.5) is 0 Å². The molecule has 0 aliphatic heterocycles. The molecule has 1 aliphatic rings. The van der Waals surface area contributed by atoms with Gasteiger partial charge >= 0.3 is 5.97 Å². The van der Waals surface area contributed by atoms with Crippen LogP contribution in [0.2, 0.25) is 0 Å². The molecule has 1 aromatic rings. The van der Waals surface area contributed by atoms with Gasteiger partial charge in [0.1, 0.15) is 6.04 Å². The van der Waals surface area contributed by atoms with Crippen molar-refractivity contribution in [1.82, 2.24) is 4.98 Å². The number of nitrogens with two attached hydrogens (primary N) is 1. The number of hydrogen-bond acceptors (Lipinski definition) is 4. The Morgan fingerprint density at radius 1 is 1.56 bits per heavy atom. The Morgan fingerprint density at radius 3 is 2.72 bits per heavy atom. The second kappa shape index (κ2) is 4.97. The SMILES string of the molecule is CC1(C)CCC(c2nc(C(N)C(=O)O)cs2)CC1. The van der Waals surface area contributed by atoms with Gasteiger partial charge in [-0.25, -0.2) is 4.98 Å². The fourth-order valence-electron chi connectivity index (χ4n) is 2.40. The van der Waals surface area contributed by atoms with Crippen LogP contribution >= 0.6 is 11.3 Å². The van der Waals surface area contributed by atoms with Gasteiger partial charge in [-0.1, -0.05) is 13.8 Å². The predicted octanol–water partition coefficient (Wildman–Crippen LogP) is 2.91. The molecule has 0 radical (unpaired) electrons. The summed E-state index contributed by atoms with van der Waals surface area (Å²) in [6.45, 7) is 4.60. The summed E-state index contributed by atoms with van der Waals surface area (Å²) < 4.78 is 0. The number of carboxylic acids is 1. The standard InChI is InChI=1S/C13H20N2O2S/c1-13(2)5-3-8(4-6-13)11-15-9(7-18-11)10(14)12(16)17/h7-8,10H,3-6,14H2,1-2H3,(H,16,17). The Balaban J connectivity index is 2.05. The summed E-state index contributed by atoms with van der Waals surface area (Å²) in [5.74, 6) is -0.533. The maximum absolute atomic E-state index is 10.8. The zero-order valence-electron chi connectivity index (χ0n) is 10.8. The van der Waals surface area contributed by atoms with Crippen LogP contribution in [0.15, 0.2) is 5.38 Å². The summed E-state index contributed by atoms with van der Waals surface area (Å²) in [5, 5.41) is 11.7. The minimum atomic E-state index is -1.02. The Labute approximate surface area is 111 Å². The number of nitrogens with zero attached hydrogens (tertiary/aromatic N) is 1. The van der Waals surface area contributed by atoms with Gasteiger partial charge in [0, 0.05) is 11.3 Å². The van der Waals surface area contributed by atoms with Crippen LogP contribution in [-0.2, 0) is 4.79 Å². The van der Waals surface area contributed by atoms with Gasteiger partial charge in [0.05, 0.1) is 10.7 Å². The normalized spacial score (nSPS) is 21.7. The second-order valence-corrected chi connectivity index (χ2v) is 6.75. The highest BCUT2D eigenvalue weighted by Crippen LogP contribution is 2.43. The van der Waals surface area contributed by atoms with E-state index >= 15 is 0 Å². The van der Waals surface area contributed by atoms with Crippen molar-refractivity contribution in [2.24, 2.45) is 11.1 Å². The predicted molar refractivity (Wildman–Crippen MR) is 71.7 cm³/mol. The highest BCUT2D eigenvalue weighted by atomic mass is 32.1. The van der Waals surface area contributed by atoms with E-state index in [1.54, 1.807) is 16.7 Å². The van der Waals surface area contributed by atoms with Crippen LogP contribution in [0.3, 0.4) is 0 Å². The van der Waals surface area contributed by atoms with Crippen molar-refractivity contribution in [3.8, 4) is 0 Å². The Morgan fingerprint density at radius 2 is 2.17 bits per heavy atom. The molecule has 18 heavy (non-hydrogen) atoms. The maximum atomic E-state index is 10.8. The number of thiazole rings is 1. The lowest BCUT2D eigenvalue weighted by Crippen LogP contribution is -2.22. The fourth-order valence-corrected chi connectivity index (χ4v) is 3.43. The highest BCUT2D eigenvalue weighted by Gasteiger charge is 2.29. The molecule has 0 aromatic carbocycles. The summed E-state index contributed by atoms with van der Waals surface area (Å²) in [6, 6.07) is -0.991. The minimum Gasteiger partial charge on any atom is -0.480 e. The van der Waals surface area contributed by atoms with E-state index in [1.807, 2.05) is 0 Å². The maximum Gasteiger partial charge on any atom is 0.326 e. The van der Waals surface area contributed by atoms with Crippen LogP contribution in [-0.4, -0.2) is 16.1 Å². The molecule has 4 nitrogen and oxygen atoms in total. The Kier molecular flexibility index (Phi) is 3.73. The monoisotopic (exact) mass is 268 g/mol. The van der Waals surface area contributed by atoms with Crippen LogP contribution in [0.5, 0.6) is 0 Å². The van der Waals surface area contributed by atoms with Crippen molar-refractivity contribution in [3.05, 3.63) is 16.1 Å². The van der Waals surface area contributed by atoms with E-state index in [9.17, 15) is 4.79 Å². The molecule has 1 heterocycles. The number of aromatic nitrogens is 1. The molecule has 5 heteroatoms. The van der Waals surface area contributed by atoms with E-state index in [4.69, 9.17) is 10.8 Å².